The summed E-state index contributed by atoms with van der Waals surface area (Å²) < 4.78 is 15.6. The maximum atomic E-state index is 12.4. The van der Waals surface area contributed by atoms with E-state index in [1.54, 1.807) is 26.4 Å². The van der Waals surface area contributed by atoms with Gasteiger partial charge < -0.3 is 24.8 Å². The number of carbonyl (C=O) groups is 1. The van der Waals surface area contributed by atoms with Crippen molar-refractivity contribution in [2.75, 3.05) is 31.6 Å². The summed E-state index contributed by atoms with van der Waals surface area (Å²) in [5.41, 5.74) is 7.53. The fourth-order valence-corrected chi connectivity index (χ4v) is 4.03. The molecule has 0 radical (unpaired) electrons. The van der Waals surface area contributed by atoms with Gasteiger partial charge >= 0.3 is 6.09 Å². The zero-order chi connectivity index (χ0) is 27.3. The molecule has 0 aliphatic rings. The molecule has 0 saturated carbocycles. The van der Waals surface area contributed by atoms with E-state index in [1.807, 2.05) is 48.5 Å². The van der Waals surface area contributed by atoms with E-state index in [0.717, 1.165) is 35.3 Å². The highest BCUT2D eigenvalue weighted by molar-refractivity contribution is 5.86. The number of carbonyl (C=O) groups excluding carboxylic acids is 1. The topological polar surface area (TPSA) is 80.9 Å². The summed E-state index contributed by atoms with van der Waals surface area (Å²) >= 11 is 0. The van der Waals surface area contributed by atoms with Gasteiger partial charge in [0.2, 0.25) is 0 Å². The molecular weight excluding hydrogens is 490 g/mol. The van der Waals surface area contributed by atoms with Crippen LogP contribution in [0.3, 0.4) is 0 Å². The third-order valence-corrected chi connectivity index (χ3v) is 6.11. The van der Waals surface area contributed by atoms with Crippen LogP contribution in [0, 0.1) is 0 Å². The summed E-state index contributed by atoms with van der Waals surface area (Å²) in [6, 6.07) is 31.9. The van der Waals surface area contributed by atoms with Crippen molar-refractivity contribution < 1.29 is 19.0 Å². The van der Waals surface area contributed by atoms with Gasteiger partial charge in [-0.1, -0.05) is 60.7 Å². The first kappa shape index (κ1) is 27.9. The van der Waals surface area contributed by atoms with Crippen molar-refractivity contribution in [1.82, 2.24) is 5.32 Å². The Bertz CT molecular complexity index is 1290. The molecule has 4 aromatic rings. The van der Waals surface area contributed by atoms with Gasteiger partial charge in [0, 0.05) is 38.7 Å². The summed E-state index contributed by atoms with van der Waals surface area (Å²) in [5.74, 6) is 0.491. The number of hydrogen-bond acceptors (Lipinski definition) is 6. The first-order valence-electron chi connectivity index (χ1n) is 12.9. The predicted octanol–water partition coefficient (Wildman–Crippen LogP) is 6.34. The quantitative estimate of drug-likeness (QED) is 0.177. The monoisotopic (exact) mass is 525 g/mol. The lowest BCUT2D eigenvalue weighted by molar-refractivity contribution is 0.185. The van der Waals surface area contributed by atoms with E-state index in [2.05, 4.69) is 52.3 Å². The predicted molar refractivity (Wildman–Crippen MR) is 155 cm³/mol. The van der Waals surface area contributed by atoms with E-state index in [-0.39, 0.29) is 0 Å². The Morgan fingerprint density at radius 1 is 0.615 bits per heavy atom. The normalized spacial score (nSPS) is 10.7. The Balaban J connectivity index is 1.19. The lowest BCUT2D eigenvalue weighted by atomic mass is 10.0. The average Bonchev–Trinajstić information content (AvgIpc) is 2.96. The first-order chi connectivity index (χ1) is 19.1. The molecule has 7 heteroatoms. The Hall–Kier alpha value is -4.17. The molecule has 0 saturated heterocycles. The van der Waals surface area contributed by atoms with Crippen molar-refractivity contribution in [1.29, 1.82) is 0 Å². The number of ether oxygens (including phenoxy) is 3. The molecule has 1 amide bonds. The van der Waals surface area contributed by atoms with Crippen LogP contribution < -0.4 is 20.7 Å². The van der Waals surface area contributed by atoms with Crippen LogP contribution in [0.5, 0.6) is 5.75 Å². The van der Waals surface area contributed by atoms with Crippen LogP contribution >= 0.6 is 0 Å². The maximum absolute atomic E-state index is 12.4. The summed E-state index contributed by atoms with van der Waals surface area (Å²) in [6.45, 7) is 2.58. The molecule has 202 valence electrons. The third kappa shape index (κ3) is 9.26. The lowest BCUT2D eigenvalue weighted by Crippen LogP contribution is -2.17. The highest BCUT2D eigenvalue weighted by Gasteiger charge is 2.06. The molecule has 0 bridgehead atoms. The van der Waals surface area contributed by atoms with Crippen LogP contribution in [0.2, 0.25) is 0 Å². The molecule has 0 fully saturated rings. The van der Waals surface area contributed by atoms with Crippen LogP contribution in [0.15, 0.2) is 97.1 Å². The third-order valence-electron chi connectivity index (χ3n) is 6.11. The molecule has 0 aromatic heterocycles. The van der Waals surface area contributed by atoms with Crippen LogP contribution in [0.1, 0.15) is 27.8 Å². The number of rotatable bonds is 13. The summed E-state index contributed by atoms with van der Waals surface area (Å²) in [6.07, 6.45) is 0.279. The SMILES string of the molecule is COCNc1ccc(Cc2ccc(NC(=O)Oc3ccc(CNCc4ccc(COC)cc4)cc3)cc2)cc1. The van der Waals surface area contributed by atoms with Crippen molar-refractivity contribution in [3.63, 3.8) is 0 Å². The van der Waals surface area contributed by atoms with Crippen molar-refractivity contribution in [2.45, 2.75) is 26.1 Å². The Kier molecular flexibility index (Phi) is 10.5. The molecule has 0 atom stereocenters. The minimum Gasteiger partial charge on any atom is -0.410 e. The minimum atomic E-state index is -0.523. The summed E-state index contributed by atoms with van der Waals surface area (Å²) in [7, 11) is 3.35. The molecular formula is C32H35N3O4. The van der Waals surface area contributed by atoms with Gasteiger partial charge in [-0.05, 0) is 70.6 Å². The van der Waals surface area contributed by atoms with E-state index in [0.29, 0.717) is 31.3 Å². The molecule has 39 heavy (non-hydrogen) atoms. The summed E-state index contributed by atoms with van der Waals surface area (Å²) in [5, 5.41) is 9.39. The van der Waals surface area contributed by atoms with Crippen LogP contribution in [-0.2, 0) is 35.6 Å². The highest BCUT2D eigenvalue weighted by atomic mass is 16.6. The average molecular weight is 526 g/mol. The first-order valence-corrected chi connectivity index (χ1v) is 12.9. The molecule has 0 spiro atoms. The molecule has 3 N–H and O–H groups in total. The van der Waals surface area contributed by atoms with Crippen molar-refractivity contribution in [2.24, 2.45) is 0 Å². The van der Waals surface area contributed by atoms with Gasteiger partial charge in [-0.3, -0.25) is 5.32 Å². The van der Waals surface area contributed by atoms with E-state index in [9.17, 15) is 4.79 Å². The second kappa shape index (κ2) is 14.7. The molecule has 0 aliphatic heterocycles. The summed E-state index contributed by atoms with van der Waals surface area (Å²) in [4.78, 5) is 12.4. The van der Waals surface area contributed by atoms with E-state index in [1.165, 1.54) is 11.1 Å². The Labute approximate surface area is 230 Å². The van der Waals surface area contributed by atoms with Gasteiger partial charge in [0.05, 0.1) is 6.61 Å². The number of nitrogens with one attached hydrogen (secondary N) is 3. The Morgan fingerprint density at radius 2 is 1.13 bits per heavy atom. The van der Waals surface area contributed by atoms with Crippen LogP contribution in [0.4, 0.5) is 16.2 Å². The van der Waals surface area contributed by atoms with Gasteiger partial charge in [0.1, 0.15) is 12.5 Å². The smallest absolute Gasteiger partial charge is 0.410 e. The van der Waals surface area contributed by atoms with E-state index < -0.39 is 6.09 Å². The van der Waals surface area contributed by atoms with Crippen LogP contribution in [0.25, 0.3) is 0 Å². The number of anilines is 2. The number of methoxy groups -OCH3 is 2. The Morgan fingerprint density at radius 3 is 1.69 bits per heavy atom. The lowest BCUT2D eigenvalue weighted by Gasteiger charge is -2.10. The van der Waals surface area contributed by atoms with Gasteiger partial charge in [0.15, 0.2) is 0 Å². The second-order valence-electron chi connectivity index (χ2n) is 9.19. The minimum absolute atomic E-state index is 0.478. The molecule has 4 rings (SSSR count). The van der Waals surface area contributed by atoms with E-state index in [4.69, 9.17) is 14.2 Å². The highest BCUT2D eigenvalue weighted by Crippen LogP contribution is 2.17. The number of amides is 1. The molecule has 0 heterocycles. The van der Waals surface area contributed by atoms with Gasteiger partial charge in [0.25, 0.3) is 0 Å². The second-order valence-corrected chi connectivity index (χ2v) is 9.19. The van der Waals surface area contributed by atoms with Gasteiger partial charge in [-0.2, -0.15) is 0 Å². The fraction of sp³-hybridized carbons (Fsp3) is 0.219. The van der Waals surface area contributed by atoms with Gasteiger partial charge in [-0.15, -0.1) is 0 Å². The van der Waals surface area contributed by atoms with Crippen molar-refractivity contribution in [3.8, 4) is 5.75 Å². The van der Waals surface area contributed by atoms with Gasteiger partial charge in [-0.25, -0.2) is 4.79 Å². The van der Waals surface area contributed by atoms with Crippen molar-refractivity contribution >= 4 is 17.5 Å². The standard InChI is InChI=1S/C32H35N3O4/c1-37-22-28-5-3-26(4-6-28)20-33-21-27-11-17-31(18-12-27)39-32(36)35-30-15-9-25(10-16-30)19-24-7-13-29(14-8-24)34-23-38-2/h3-18,33-34H,19-23H2,1-2H3,(H,35,36). The zero-order valence-electron chi connectivity index (χ0n) is 22.4. The number of benzene rings is 4. The fourth-order valence-electron chi connectivity index (χ4n) is 4.03. The zero-order valence-corrected chi connectivity index (χ0v) is 22.4. The molecule has 7 nitrogen and oxygen atoms in total. The molecule has 0 unspecified atom stereocenters. The van der Waals surface area contributed by atoms with E-state index >= 15 is 0 Å². The largest absolute Gasteiger partial charge is 0.417 e. The molecule has 4 aromatic carbocycles. The van der Waals surface area contributed by atoms with Crippen molar-refractivity contribution in [3.05, 3.63) is 125 Å². The maximum Gasteiger partial charge on any atom is 0.417 e. The van der Waals surface area contributed by atoms with Crippen LogP contribution in [-0.4, -0.2) is 27.0 Å². The number of hydrogen-bond donors (Lipinski definition) is 3. The molecule has 0 aliphatic carbocycles.